The molecule has 16 heavy (non-hydrogen) atoms. The van der Waals surface area contributed by atoms with E-state index in [1.54, 1.807) is 19.5 Å². The van der Waals surface area contributed by atoms with E-state index >= 15 is 0 Å². The van der Waals surface area contributed by atoms with Gasteiger partial charge in [-0.3, -0.25) is 4.99 Å². The van der Waals surface area contributed by atoms with Crippen molar-refractivity contribution in [3.63, 3.8) is 0 Å². The summed E-state index contributed by atoms with van der Waals surface area (Å²) in [4.78, 5) is 5.89. The molecule has 4 heteroatoms. The van der Waals surface area contributed by atoms with Crippen molar-refractivity contribution in [2.45, 2.75) is 32.2 Å². The Bertz CT molecular complexity index is 249. The van der Waals surface area contributed by atoms with E-state index in [9.17, 15) is 0 Å². The van der Waals surface area contributed by atoms with Gasteiger partial charge in [-0.1, -0.05) is 26.3 Å². The van der Waals surface area contributed by atoms with Gasteiger partial charge >= 0.3 is 0 Å². The zero-order valence-electron chi connectivity index (χ0n) is 10.3. The Morgan fingerprint density at radius 2 is 2.31 bits per heavy atom. The normalized spacial score (nSPS) is 14.1. The van der Waals surface area contributed by atoms with Crippen molar-refractivity contribution in [3.05, 3.63) is 24.7 Å². The van der Waals surface area contributed by atoms with E-state index in [-0.39, 0.29) is 0 Å². The van der Waals surface area contributed by atoms with Gasteiger partial charge in [0.1, 0.15) is 0 Å². The number of allylic oxidation sites excluding steroid dienone is 1. The van der Waals surface area contributed by atoms with Crippen LogP contribution < -0.4 is 5.73 Å². The Balaban J connectivity index is 4.54. The van der Waals surface area contributed by atoms with E-state index < -0.39 is 0 Å². The summed E-state index contributed by atoms with van der Waals surface area (Å²) < 4.78 is 0. The lowest BCUT2D eigenvalue weighted by molar-refractivity contribution is 0.366. The lowest BCUT2D eigenvalue weighted by Crippen LogP contribution is -2.29. The summed E-state index contributed by atoms with van der Waals surface area (Å²) in [5.41, 5.74) is 6.41. The minimum absolute atomic E-state index is 0.351. The van der Waals surface area contributed by atoms with Crippen molar-refractivity contribution in [2.24, 2.45) is 10.7 Å². The molecule has 0 rings (SSSR count). The van der Waals surface area contributed by atoms with Gasteiger partial charge in [-0.15, -0.1) is 0 Å². The molecular weight excluding hydrogens is 218 g/mol. The van der Waals surface area contributed by atoms with E-state index in [0.717, 1.165) is 12.2 Å². The van der Waals surface area contributed by atoms with Crippen LogP contribution in [-0.2, 0) is 0 Å². The van der Waals surface area contributed by atoms with Crippen molar-refractivity contribution in [2.75, 3.05) is 12.8 Å². The highest BCUT2D eigenvalue weighted by Gasteiger charge is 2.10. The predicted molar refractivity (Wildman–Crippen MR) is 75.9 cm³/mol. The van der Waals surface area contributed by atoms with E-state index in [1.165, 1.54) is 12.8 Å². The van der Waals surface area contributed by atoms with Gasteiger partial charge in [0.25, 0.3) is 0 Å². The van der Waals surface area contributed by atoms with Crippen molar-refractivity contribution < 1.29 is 0 Å². The molecule has 92 valence electrons. The molecule has 0 aliphatic rings. The standard InChI is InChI=1S/C12H23N3S/c1-4-6-7-12(10-16)15(5-2)9-11(13)8-14-3/h5,8-9,12,16H,2,4,6-7,10,13H2,1,3H3/b11-9+,14-8-. The molecule has 0 aliphatic carbocycles. The van der Waals surface area contributed by atoms with Crippen molar-refractivity contribution in [1.29, 1.82) is 0 Å². The first-order valence-corrected chi connectivity index (χ1v) is 6.23. The number of hydrogen-bond acceptors (Lipinski definition) is 4. The molecule has 3 nitrogen and oxygen atoms in total. The minimum Gasteiger partial charge on any atom is -0.396 e. The third-order valence-corrected chi connectivity index (χ3v) is 2.73. The first-order chi connectivity index (χ1) is 7.69. The van der Waals surface area contributed by atoms with Gasteiger partial charge in [-0.05, 0) is 12.6 Å². The zero-order valence-corrected chi connectivity index (χ0v) is 11.2. The summed E-state index contributed by atoms with van der Waals surface area (Å²) in [6.45, 7) is 5.98. The fraction of sp³-hybridized carbons (Fsp3) is 0.583. The molecule has 1 atom stereocenters. The highest BCUT2D eigenvalue weighted by Crippen LogP contribution is 2.12. The Kier molecular flexibility index (Phi) is 8.81. The monoisotopic (exact) mass is 241 g/mol. The minimum atomic E-state index is 0.351. The average molecular weight is 241 g/mol. The van der Waals surface area contributed by atoms with Gasteiger partial charge in [0.05, 0.1) is 5.70 Å². The molecule has 0 amide bonds. The lowest BCUT2D eigenvalue weighted by Gasteiger charge is -2.26. The highest BCUT2D eigenvalue weighted by atomic mass is 32.1. The highest BCUT2D eigenvalue weighted by molar-refractivity contribution is 7.80. The lowest BCUT2D eigenvalue weighted by atomic mass is 10.1. The average Bonchev–Trinajstić information content (AvgIpc) is 2.28. The van der Waals surface area contributed by atoms with E-state index in [1.807, 2.05) is 11.1 Å². The molecule has 0 aromatic rings. The number of rotatable bonds is 8. The van der Waals surface area contributed by atoms with Gasteiger partial charge in [0, 0.05) is 31.3 Å². The van der Waals surface area contributed by atoms with Crippen LogP contribution in [0.15, 0.2) is 29.7 Å². The maximum atomic E-state index is 5.78. The number of aliphatic imine (C=N–C) groups is 1. The molecule has 0 saturated carbocycles. The molecule has 0 aromatic carbocycles. The number of unbranched alkanes of at least 4 members (excludes halogenated alkanes) is 1. The molecule has 0 bridgehead atoms. The molecule has 0 spiro atoms. The summed E-state index contributed by atoms with van der Waals surface area (Å²) >= 11 is 4.36. The zero-order chi connectivity index (χ0) is 12.4. The number of nitrogens with two attached hydrogens (primary N) is 1. The Hall–Kier alpha value is -0.900. The smallest absolute Gasteiger partial charge is 0.0660 e. The van der Waals surface area contributed by atoms with Crippen LogP contribution in [0.2, 0.25) is 0 Å². The number of hydrogen-bond donors (Lipinski definition) is 2. The van der Waals surface area contributed by atoms with E-state index in [4.69, 9.17) is 5.73 Å². The van der Waals surface area contributed by atoms with Crippen molar-refractivity contribution in [3.8, 4) is 0 Å². The van der Waals surface area contributed by atoms with Crippen LogP contribution >= 0.6 is 12.6 Å². The summed E-state index contributed by atoms with van der Waals surface area (Å²) in [5, 5.41) is 0. The first-order valence-electron chi connectivity index (χ1n) is 5.59. The van der Waals surface area contributed by atoms with E-state index in [2.05, 4.69) is 31.1 Å². The summed E-state index contributed by atoms with van der Waals surface area (Å²) in [5.74, 6) is 0.791. The summed E-state index contributed by atoms with van der Waals surface area (Å²) in [6.07, 6.45) is 8.74. The maximum absolute atomic E-state index is 5.78. The Morgan fingerprint density at radius 1 is 1.62 bits per heavy atom. The third kappa shape index (κ3) is 5.85. The largest absolute Gasteiger partial charge is 0.396 e. The van der Waals surface area contributed by atoms with Gasteiger partial charge in [-0.25, -0.2) is 0 Å². The Labute approximate surface area is 105 Å². The van der Waals surface area contributed by atoms with Crippen molar-refractivity contribution in [1.82, 2.24) is 4.90 Å². The number of thiol groups is 1. The topological polar surface area (TPSA) is 41.6 Å². The predicted octanol–water partition coefficient (Wildman–Crippen LogP) is 2.42. The second-order valence-corrected chi connectivity index (χ2v) is 3.99. The second-order valence-electron chi connectivity index (χ2n) is 3.62. The van der Waals surface area contributed by atoms with Crippen LogP contribution in [0, 0.1) is 0 Å². The fourth-order valence-electron chi connectivity index (χ4n) is 1.44. The molecule has 0 heterocycles. The molecule has 0 fully saturated rings. The SMILES string of the molecule is C=CN(/C=C(N)\C=N/C)C(CS)CCCC. The molecule has 2 N–H and O–H groups in total. The quantitative estimate of drug-likeness (QED) is 0.506. The molecular formula is C12H23N3S. The molecule has 1 unspecified atom stereocenters. The number of nitrogens with zero attached hydrogens (tertiary/aromatic N) is 2. The van der Waals surface area contributed by atoms with Crippen LogP contribution in [-0.4, -0.2) is 30.0 Å². The van der Waals surface area contributed by atoms with Crippen LogP contribution in [0.4, 0.5) is 0 Å². The van der Waals surface area contributed by atoms with Crippen LogP contribution in [0.1, 0.15) is 26.2 Å². The van der Waals surface area contributed by atoms with Gasteiger partial charge in [0.15, 0.2) is 0 Å². The Morgan fingerprint density at radius 3 is 2.75 bits per heavy atom. The van der Waals surface area contributed by atoms with Gasteiger partial charge in [-0.2, -0.15) is 12.6 Å². The third-order valence-electron chi connectivity index (χ3n) is 2.31. The van der Waals surface area contributed by atoms with E-state index in [0.29, 0.717) is 11.7 Å². The fourth-order valence-corrected chi connectivity index (χ4v) is 1.81. The summed E-state index contributed by atoms with van der Waals surface area (Å²) in [6, 6.07) is 0.351. The molecule has 0 radical (unpaired) electrons. The molecule has 0 saturated heterocycles. The van der Waals surface area contributed by atoms with Crippen LogP contribution in [0.5, 0.6) is 0 Å². The maximum Gasteiger partial charge on any atom is 0.0660 e. The summed E-state index contributed by atoms with van der Waals surface area (Å²) in [7, 11) is 1.70. The van der Waals surface area contributed by atoms with Crippen LogP contribution in [0.25, 0.3) is 0 Å². The van der Waals surface area contributed by atoms with Gasteiger partial charge in [0.2, 0.25) is 0 Å². The first kappa shape index (κ1) is 15.1. The van der Waals surface area contributed by atoms with Gasteiger partial charge < -0.3 is 10.6 Å². The molecule has 0 aromatic heterocycles. The second kappa shape index (κ2) is 9.33. The van der Waals surface area contributed by atoms with Crippen molar-refractivity contribution >= 4 is 18.8 Å². The molecule has 0 aliphatic heterocycles. The van der Waals surface area contributed by atoms with Crippen LogP contribution in [0.3, 0.4) is 0 Å².